The number of hydrogen-bond acceptors (Lipinski definition) is 13. The van der Waals surface area contributed by atoms with Crippen molar-refractivity contribution in [2.45, 2.75) is 69.4 Å². The number of nitrogens with zero attached hydrogens (tertiary/aromatic N) is 3. The number of rotatable bonds is 8. The Morgan fingerprint density at radius 2 is 1.71 bits per heavy atom. The first-order chi connectivity index (χ1) is 17.9. The van der Waals surface area contributed by atoms with Crippen LogP contribution in [0.3, 0.4) is 0 Å². The molecular weight excluding hydrogens is 508 g/mol. The Bertz CT molecular complexity index is 1380. The molecule has 0 radical (unpaired) electrons. The molecule has 0 saturated carbocycles. The molecule has 4 rings (SSSR count). The van der Waals surface area contributed by atoms with Crippen molar-refractivity contribution in [3.05, 3.63) is 44.1 Å². The average Bonchev–Trinajstić information content (AvgIpc) is 2.87. The lowest BCUT2D eigenvalue weighted by Gasteiger charge is -2.40. The summed E-state index contributed by atoms with van der Waals surface area (Å²) >= 11 is 0. The standard InChI is InChI=1S/C23H30N4O11/c1-8-3-10-11(4-9(8)2)27(20-15(24-10)21(35)26-23(36)25-20)5-12(29)16(31)13(30)7-37-22-19(34)18(33)17(32)14(6-28)38-22/h3-4,12-14,16-19,22,28-34H,5-7H2,1-2H3,(H,26,35,36)/t12-,13+,14+,16-,17-,18-,19+,22?/m0/s1. The zero-order chi connectivity index (χ0) is 27.9. The van der Waals surface area contributed by atoms with Crippen molar-refractivity contribution >= 4 is 11.0 Å². The molecule has 15 nitrogen and oxygen atoms in total. The minimum atomic E-state index is -1.83. The quantitative estimate of drug-likeness (QED) is 0.128. The average molecular weight is 539 g/mol. The van der Waals surface area contributed by atoms with Crippen LogP contribution < -0.4 is 11.2 Å². The number of aliphatic hydroxyl groups is 7. The fourth-order valence-corrected chi connectivity index (χ4v) is 4.28. The van der Waals surface area contributed by atoms with E-state index >= 15 is 0 Å². The Hall–Kier alpha value is -2.86. The van der Waals surface area contributed by atoms with Gasteiger partial charge in [0.2, 0.25) is 0 Å². The normalized spacial score (nSPS) is 26.5. The molecule has 1 saturated heterocycles. The van der Waals surface area contributed by atoms with Gasteiger partial charge in [-0.3, -0.25) is 9.78 Å². The van der Waals surface area contributed by atoms with Crippen molar-refractivity contribution in [3.8, 4) is 11.5 Å². The summed E-state index contributed by atoms with van der Waals surface area (Å²) in [5, 5.41) is 70.9. The fourth-order valence-electron chi connectivity index (χ4n) is 4.28. The molecular formula is C23H30N4O11. The van der Waals surface area contributed by atoms with Gasteiger partial charge in [0, 0.05) is 0 Å². The van der Waals surface area contributed by atoms with Crippen molar-refractivity contribution in [2.75, 3.05) is 13.2 Å². The van der Waals surface area contributed by atoms with E-state index in [1.807, 2.05) is 18.8 Å². The van der Waals surface area contributed by atoms with Crippen LogP contribution in [0.1, 0.15) is 11.1 Å². The van der Waals surface area contributed by atoms with E-state index in [2.05, 4.69) is 9.97 Å². The molecule has 0 amide bonds. The summed E-state index contributed by atoms with van der Waals surface area (Å²) in [6.07, 6.45) is -13.0. The first-order valence-electron chi connectivity index (χ1n) is 11.8. The zero-order valence-corrected chi connectivity index (χ0v) is 20.5. The number of benzene rings is 1. The van der Waals surface area contributed by atoms with E-state index in [0.29, 0.717) is 11.0 Å². The smallest absolute Gasteiger partial charge is 0.349 e. The van der Waals surface area contributed by atoms with E-state index in [-0.39, 0.29) is 11.5 Å². The second kappa shape index (κ2) is 11.1. The minimum absolute atomic E-state index is 0.132. The first-order valence-corrected chi connectivity index (χ1v) is 11.8. The molecule has 0 bridgehead atoms. The lowest BCUT2D eigenvalue weighted by Crippen LogP contribution is -2.59. The Kier molecular flexibility index (Phi) is 8.22. The second-order valence-electron chi connectivity index (χ2n) is 9.35. The van der Waals surface area contributed by atoms with Gasteiger partial charge in [-0.1, -0.05) is 0 Å². The van der Waals surface area contributed by atoms with Gasteiger partial charge < -0.3 is 49.8 Å². The number of nitrogens with one attached hydrogen (secondary N) is 1. The monoisotopic (exact) mass is 538 g/mol. The maximum absolute atomic E-state index is 12.4. The number of aromatic nitrogens is 4. The highest BCUT2D eigenvalue weighted by Crippen LogP contribution is 2.25. The molecule has 0 aliphatic carbocycles. The van der Waals surface area contributed by atoms with E-state index < -0.39 is 80.0 Å². The van der Waals surface area contributed by atoms with Crippen LogP contribution in [0, 0.1) is 13.8 Å². The third-order valence-electron chi connectivity index (χ3n) is 6.66. The number of aromatic amines is 1. The highest BCUT2D eigenvalue weighted by molar-refractivity contribution is 5.81. The molecule has 208 valence electrons. The molecule has 8 atom stereocenters. The molecule has 0 spiro atoms. The molecule has 0 aromatic heterocycles. The van der Waals surface area contributed by atoms with Gasteiger partial charge in [-0.15, -0.1) is 0 Å². The van der Waals surface area contributed by atoms with E-state index in [1.165, 1.54) is 4.57 Å². The molecule has 1 aromatic rings. The van der Waals surface area contributed by atoms with Crippen molar-refractivity contribution < 1.29 is 45.2 Å². The van der Waals surface area contributed by atoms with Gasteiger partial charge >= 0.3 is 5.69 Å². The van der Waals surface area contributed by atoms with Crippen molar-refractivity contribution in [1.29, 1.82) is 0 Å². The number of ether oxygens (including phenoxy) is 2. The molecule has 1 unspecified atom stereocenters. The Balaban J connectivity index is 1.56. The highest BCUT2D eigenvalue weighted by atomic mass is 16.7. The maximum Gasteiger partial charge on any atom is 0.349 e. The summed E-state index contributed by atoms with van der Waals surface area (Å²) in [5.41, 5.74) is 0.649. The van der Waals surface area contributed by atoms with Gasteiger partial charge in [-0.25, -0.2) is 9.78 Å². The molecule has 8 N–H and O–H groups in total. The zero-order valence-electron chi connectivity index (χ0n) is 20.5. The van der Waals surface area contributed by atoms with E-state index in [4.69, 9.17) is 9.47 Å². The molecule has 1 fully saturated rings. The predicted molar refractivity (Wildman–Crippen MR) is 128 cm³/mol. The summed E-state index contributed by atoms with van der Waals surface area (Å²) in [6.45, 7) is 1.91. The number of fused-ring (bicyclic) bond motifs is 2. The van der Waals surface area contributed by atoms with Gasteiger partial charge in [0.25, 0.3) is 5.56 Å². The summed E-state index contributed by atoms with van der Waals surface area (Å²) in [7, 11) is 0. The van der Waals surface area contributed by atoms with Crippen molar-refractivity contribution in [1.82, 2.24) is 19.5 Å². The van der Waals surface area contributed by atoms with Crippen LogP contribution in [0.15, 0.2) is 21.7 Å². The largest absolute Gasteiger partial charge is 0.394 e. The SMILES string of the molecule is Cc1cc2nc3c(=O)[nH]c(=O)nc-3n(C[C@H](O)[C@H](O)[C@H](O)COC3O[C@H](CO)[C@H](O)[C@H](O)[C@H]3O)c2cc1C. The topological polar surface area (TPSA) is 241 Å². The van der Waals surface area contributed by atoms with Gasteiger partial charge in [0.1, 0.15) is 42.7 Å². The Morgan fingerprint density at radius 3 is 2.39 bits per heavy atom. The van der Waals surface area contributed by atoms with Crippen LogP contribution in [0.2, 0.25) is 0 Å². The molecule has 1 aromatic carbocycles. The number of aliphatic hydroxyl groups excluding tert-OH is 7. The van der Waals surface area contributed by atoms with Crippen LogP contribution >= 0.6 is 0 Å². The van der Waals surface area contributed by atoms with E-state index in [0.717, 1.165) is 11.1 Å². The van der Waals surface area contributed by atoms with Gasteiger partial charge in [-0.2, -0.15) is 4.98 Å². The third kappa shape index (κ3) is 5.33. The van der Waals surface area contributed by atoms with Gasteiger partial charge in [-0.05, 0) is 37.1 Å². The number of H-pyrrole nitrogens is 1. The lowest BCUT2D eigenvalue weighted by atomic mass is 9.99. The summed E-state index contributed by atoms with van der Waals surface area (Å²) < 4.78 is 11.8. The van der Waals surface area contributed by atoms with Gasteiger partial charge in [0.05, 0.1) is 30.8 Å². The van der Waals surface area contributed by atoms with Crippen LogP contribution in [0.5, 0.6) is 0 Å². The minimum Gasteiger partial charge on any atom is -0.394 e. The summed E-state index contributed by atoms with van der Waals surface area (Å²) in [6, 6.07) is 3.44. The molecule has 3 heterocycles. The molecule has 3 aliphatic rings. The van der Waals surface area contributed by atoms with E-state index in [9.17, 15) is 45.3 Å². The van der Waals surface area contributed by atoms with Crippen molar-refractivity contribution in [3.63, 3.8) is 0 Å². The van der Waals surface area contributed by atoms with Crippen molar-refractivity contribution in [2.24, 2.45) is 0 Å². The first kappa shape index (κ1) is 28.2. The van der Waals surface area contributed by atoms with Gasteiger partial charge in [0.15, 0.2) is 17.8 Å². The molecule has 3 aliphatic heterocycles. The van der Waals surface area contributed by atoms with Crippen LogP contribution in [-0.4, -0.2) is 117 Å². The summed E-state index contributed by atoms with van der Waals surface area (Å²) in [4.78, 5) is 34.5. The fraction of sp³-hybridized carbons (Fsp3) is 0.565. The lowest BCUT2D eigenvalue weighted by molar-refractivity contribution is -0.306. The van der Waals surface area contributed by atoms with Crippen LogP contribution in [0.25, 0.3) is 22.6 Å². The molecule has 38 heavy (non-hydrogen) atoms. The predicted octanol–water partition coefficient (Wildman–Crippen LogP) is -3.90. The Morgan fingerprint density at radius 1 is 1.03 bits per heavy atom. The third-order valence-corrected chi connectivity index (χ3v) is 6.66. The Labute approximate surface area is 214 Å². The van der Waals surface area contributed by atoms with Crippen LogP contribution in [-0.2, 0) is 16.0 Å². The molecule has 15 heteroatoms. The maximum atomic E-state index is 12.4. The van der Waals surface area contributed by atoms with Crippen LogP contribution in [0.4, 0.5) is 0 Å². The van der Waals surface area contributed by atoms with E-state index in [1.54, 1.807) is 12.1 Å². The summed E-state index contributed by atoms with van der Waals surface area (Å²) in [5.74, 6) is -0.132. The number of aryl methyl sites for hydroxylation is 2. The number of hydrogen-bond donors (Lipinski definition) is 8. The second-order valence-corrected chi connectivity index (χ2v) is 9.35. The highest BCUT2D eigenvalue weighted by Gasteiger charge is 2.44.